The van der Waals surface area contributed by atoms with Crippen LogP contribution in [-0.2, 0) is 10.3 Å². The molecule has 0 fully saturated rings. The molecule has 0 bridgehead atoms. The maximum Gasteiger partial charge on any atom is 0.328 e. The fourth-order valence-electron chi connectivity index (χ4n) is 2.15. The Morgan fingerprint density at radius 3 is 2.70 bits per heavy atom. The first kappa shape index (κ1) is 14.7. The molecule has 1 aromatic carbocycles. The van der Waals surface area contributed by atoms with Crippen LogP contribution in [0.5, 0.6) is 11.5 Å². The summed E-state index contributed by atoms with van der Waals surface area (Å²) in [6, 6.07) is 5.33. The molecule has 1 aliphatic rings. The van der Waals surface area contributed by atoms with Gasteiger partial charge in [-0.25, -0.2) is 4.79 Å². The Balaban J connectivity index is 2.34. The van der Waals surface area contributed by atoms with E-state index in [1.54, 1.807) is 25.1 Å². The quantitative estimate of drug-likeness (QED) is 0.864. The second-order valence-corrected chi connectivity index (χ2v) is 5.07. The third kappa shape index (κ3) is 2.88. The van der Waals surface area contributed by atoms with E-state index >= 15 is 0 Å². The van der Waals surface area contributed by atoms with Gasteiger partial charge in [-0.15, -0.1) is 0 Å². The fourth-order valence-corrected chi connectivity index (χ4v) is 2.15. The SMILES string of the molecule is CCCNC(C)(C(=O)O)c1ccc2c(c1)OCCCO2. The van der Waals surface area contributed by atoms with Crippen LogP contribution in [0.4, 0.5) is 0 Å². The molecule has 2 rings (SSSR count). The van der Waals surface area contributed by atoms with Gasteiger partial charge in [-0.1, -0.05) is 13.0 Å². The molecule has 0 amide bonds. The number of hydrogen-bond acceptors (Lipinski definition) is 4. The maximum atomic E-state index is 11.6. The number of carboxylic acid groups (broad SMARTS) is 1. The maximum absolute atomic E-state index is 11.6. The number of nitrogens with one attached hydrogen (secondary N) is 1. The number of carboxylic acids is 1. The van der Waals surface area contributed by atoms with Gasteiger partial charge >= 0.3 is 5.97 Å². The summed E-state index contributed by atoms with van der Waals surface area (Å²) in [5.41, 5.74) is -0.455. The minimum atomic E-state index is -1.12. The molecular weight excluding hydrogens is 258 g/mol. The molecular formula is C15H21NO4. The molecule has 0 saturated carbocycles. The van der Waals surface area contributed by atoms with Crippen molar-refractivity contribution < 1.29 is 19.4 Å². The van der Waals surface area contributed by atoms with E-state index in [1.807, 2.05) is 6.92 Å². The summed E-state index contributed by atoms with van der Waals surface area (Å²) in [6.45, 7) is 5.52. The molecule has 1 aliphatic heterocycles. The fraction of sp³-hybridized carbons (Fsp3) is 0.533. The van der Waals surface area contributed by atoms with E-state index in [9.17, 15) is 9.90 Å². The van der Waals surface area contributed by atoms with Gasteiger partial charge in [0.1, 0.15) is 5.54 Å². The van der Waals surface area contributed by atoms with Gasteiger partial charge in [0.2, 0.25) is 0 Å². The number of aliphatic carboxylic acids is 1. The second kappa shape index (κ2) is 6.13. The molecule has 1 unspecified atom stereocenters. The van der Waals surface area contributed by atoms with Gasteiger partial charge in [0, 0.05) is 6.42 Å². The molecule has 2 N–H and O–H groups in total. The molecule has 5 nitrogen and oxygen atoms in total. The summed E-state index contributed by atoms with van der Waals surface area (Å²) in [5.74, 6) is 0.390. The zero-order valence-corrected chi connectivity index (χ0v) is 11.9. The van der Waals surface area contributed by atoms with E-state index in [4.69, 9.17) is 9.47 Å². The molecule has 1 heterocycles. The molecule has 0 saturated heterocycles. The predicted molar refractivity (Wildman–Crippen MR) is 75.3 cm³/mol. The minimum Gasteiger partial charge on any atom is -0.490 e. The predicted octanol–water partition coefficient (Wildman–Crippen LogP) is 2.15. The largest absolute Gasteiger partial charge is 0.490 e. The highest BCUT2D eigenvalue weighted by Crippen LogP contribution is 2.34. The molecule has 1 atom stereocenters. The van der Waals surface area contributed by atoms with Crippen molar-refractivity contribution in [2.45, 2.75) is 32.2 Å². The molecule has 0 spiro atoms. The van der Waals surface area contributed by atoms with Crippen LogP contribution in [0, 0.1) is 0 Å². The summed E-state index contributed by atoms with van der Waals surface area (Å²) in [4.78, 5) is 11.6. The van der Waals surface area contributed by atoms with Crippen molar-refractivity contribution in [2.24, 2.45) is 0 Å². The number of ether oxygens (including phenoxy) is 2. The number of hydrogen-bond donors (Lipinski definition) is 2. The van der Waals surface area contributed by atoms with Crippen molar-refractivity contribution in [1.29, 1.82) is 0 Å². The van der Waals surface area contributed by atoms with Gasteiger partial charge in [-0.05, 0) is 37.6 Å². The lowest BCUT2D eigenvalue weighted by atomic mass is 9.91. The van der Waals surface area contributed by atoms with Crippen LogP contribution in [0.1, 0.15) is 32.3 Å². The number of rotatable bonds is 5. The molecule has 5 heteroatoms. The Morgan fingerprint density at radius 1 is 1.35 bits per heavy atom. The molecule has 0 aromatic heterocycles. The van der Waals surface area contributed by atoms with Crippen LogP contribution in [0.2, 0.25) is 0 Å². The van der Waals surface area contributed by atoms with E-state index in [-0.39, 0.29) is 0 Å². The van der Waals surface area contributed by atoms with Crippen molar-refractivity contribution in [2.75, 3.05) is 19.8 Å². The number of fused-ring (bicyclic) bond motifs is 1. The van der Waals surface area contributed by atoms with Gasteiger partial charge in [-0.2, -0.15) is 0 Å². The van der Waals surface area contributed by atoms with E-state index < -0.39 is 11.5 Å². The summed E-state index contributed by atoms with van der Waals surface area (Å²) < 4.78 is 11.2. The number of carbonyl (C=O) groups is 1. The molecule has 20 heavy (non-hydrogen) atoms. The standard InChI is InChI=1S/C15H21NO4/c1-3-7-16-15(2,14(17)18)11-5-6-12-13(10-11)20-9-4-8-19-12/h5-6,10,16H,3-4,7-9H2,1-2H3,(H,17,18). The second-order valence-electron chi connectivity index (χ2n) is 5.07. The lowest BCUT2D eigenvalue weighted by Crippen LogP contribution is -2.46. The van der Waals surface area contributed by atoms with Gasteiger partial charge in [-0.3, -0.25) is 5.32 Å². The summed E-state index contributed by atoms with van der Waals surface area (Å²) in [6.07, 6.45) is 1.70. The first-order valence-corrected chi connectivity index (χ1v) is 6.96. The van der Waals surface area contributed by atoms with Crippen molar-refractivity contribution in [3.05, 3.63) is 23.8 Å². The van der Waals surface area contributed by atoms with Crippen molar-refractivity contribution in [1.82, 2.24) is 5.32 Å². The van der Waals surface area contributed by atoms with Crippen molar-refractivity contribution in [3.63, 3.8) is 0 Å². The highest BCUT2D eigenvalue weighted by molar-refractivity contribution is 5.80. The van der Waals surface area contributed by atoms with Gasteiger partial charge in [0.25, 0.3) is 0 Å². The van der Waals surface area contributed by atoms with Crippen LogP contribution < -0.4 is 14.8 Å². The summed E-state index contributed by atoms with van der Waals surface area (Å²) >= 11 is 0. The van der Waals surface area contributed by atoms with E-state index in [0.717, 1.165) is 12.8 Å². The topological polar surface area (TPSA) is 67.8 Å². The smallest absolute Gasteiger partial charge is 0.328 e. The first-order valence-electron chi connectivity index (χ1n) is 6.96. The zero-order valence-electron chi connectivity index (χ0n) is 11.9. The van der Waals surface area contributed by atoms with Crippen molar-refractivity contribution in [3.8, 4) is 11.5 Å². The van der Waals surface area contributed by atoms with Crippen molar-refractivity contribution >= 4 is 5.97 Å². The Labute approximate surface area is 118 Å². The van der Waals surface area contributed by atoms with E-state index in [1.165, 1.54) is 0 Å². The van der Waals surface area contributed by atoms with Gasteiger partial charge < -0.3 is 14.6 Å². The Morgan fingerprint density at radius 2 is 2.05 bits per heavy atom. The van der Waals surface area contributed by atoms with Crippen LogP contribution in [0.15, 0.2) is 18.2 Å². The first-order chi connectivity index (χ1) is 9.58. The minimum absolute atomic E-state index is 0.586. The number of benzene rings is 1. The van der Waals surface area contributed by atoms with Gasteiger partial charge in [0.15, 0.2) is 11.5 Å². The summed E-state index contributed by atoms with van der Waals surface area (Å²) in [7, 11) is 0. The third-order valence-electron chi connectivity index (χ3n) is 3.48. The highest BCUT2D eigenvalue weighted by Gasteiger charge is 2.35. The van der Waals surface area contributed by atoms with Crippen LogP contribution in [-0.4, -0.2) is 30.8 Å². The van der Waals surface area contributed by atoms with E-state index in [0.29, 0.717) is 36.8 Å². The van der Waals surface area contributed by atoms with Crippen LogP contribution in [0.25, 0.3) is 0 Å². The summed E-state index contributed by atoms with van der Waals surface area (Å²) in [5, 5.41) is 12.6. The lowest BCUT2D eigenvalue weighted by molar-refractivity contribution is -0.144. The highest BCUT2D eigenvalue weighted by atomic mass is 16.5. The van der Waals surface area contributed by atoms with Crippen LogP contribution in [0.3, 0.4) is 0 Å². The molecule has 110 valence electrons. The van der Waals surface area contributed by atoms with Gasteiger partial charge in [0.05, 0.1) is 13.2 Å². The Bertz CT molecular complexity index is 489. The lowest BCUT2D eigenvalue weighted by Gasteiger charge is -2.27. The van der Waals surface area contributed by atoms with Crippen LogP contribution >= 0.6 is 0 Å². The monoisotopic (exact) mass is 279 g/mol. The average Bonchev–Trinajstić information content (AvgIpc) is 2.68. The average molecular weight is 279 g/mol. The Kier molecular flexibility index (Phi) is 4.49. The third-order valence-corrected chi connectivity index (χ3v) is 3.48. The van der Waals surface area contributed by atoms with E-state index in [2.05, 4.69) is 5.32 Å². The normalized spacial score (nSPS) is 17.1. The molecule has 0 radical (unpaired) electrons. The Hall–Kier alpha value is -1.75. The molecule has 1 aromatic rings. The molecule has 0 aliphatic carbocycles. The zero-order chi connectivity index (χ0) is 14.6.